The highest BCUT2D eigenvalue weighted by atomic mass is 19.1. The first-order chi connectivity index (χ1) is 20.5. The average Bonchev–Trinajstić information content (AvgIpc) is 3.49. The summed E-state index contributed by atoms with van der Waals surface area (Å²) < 4.78 is 30.8. The number of benzene rings is 1. The van der Waals surface area contributed by atoms with Crippen LogP contribution in [0.1, 0.15) is 78.4 Å². The summed E-state index contributed by atoms with van der Waals surface area (Å²) >= 11 is 0. The second-order valence-corrected chi connectivity index (χ2v) is 13.8. The molecular weight excluding hydrogens is 574 g/mol. The summed E-state index contributed by atoms with van der Waals surface area (Å²) in [7, 11) is -1.20. The zero-order valence-electron chi connectivity index (χ0n) is 26.4. The van der Waals surface area contributed by atoms with Crippen molar-refractivity contribution < 1.29 is 42.7 Å². The number of amides is 4. The Bertz CT molecular complexity index is 1250. The van der Waals surface area contributed by atoms with Gasteiger partial charge < -0.3 is 34.7 Å². The fourth-order valence-electron chi connectivity index (χ4n) is 5.69. The van der Waals surface area contributed by atoms with Crippen molar-refractivity contribution in [3.63, 3.8) is 0 Å². The number of alkyl carbamates (subject to hydrolysis) is 1. The number of halogens is 1. The number of hydrogen-bond acceptors (Lipinski definition) is 8. The second kappa shape index (κ2) is 13.3. The van der Waals surface area contributed by atoms with Crippen LogP contribution in [0.4, 0.5) is 14.0 Å². The van der Waals surface area contributed by atoms with Gasteiger partial charge in [-0.3, -0.25) is 14.5 Å². The highest BCUT2D eigenvalue weighted by Gasteiger charge is 2.47. The van der Waals surface area contributed by atoms with E-state index in [-0.39, 0.29) is 26.1 Å². The van der Waals surface area contributed by atoms with E-state index in [1.54, 1.807) is 53.7 Å². The highest BCUT2D eigenvalue weighted by Crippen LogP contribution is 2.30. The van der Waals surface area contributed by atoms with Crippen molar-refractivity contribution in [2.75, 3.05) is 13.2 Å². The van der Waals surface area contributed by atoms with Crippen LogP contribution in [0.2, 0.25) is 0 Å². The van der Waals surface area contributed by atoms with Gasteiger partial charge in [-0.1, -0.05) is 32.9 Å². The van der Waals surface area contributed by atoms with Gasteiger partial charge in [0, 0.05) is 25.1 Å². The predicted octanol–water partition coefficient (Wildman–Crippen LogP) is 2.89. The zero-order valence-corrected chi connectivity index (χ0v) is 26.4. The lowest BCUT2D eigenvalue weighted by molar-refractivity contribution is -0.142. The molecule has 1 aromatic rings. The van der Waals surface area contributed by atoms with E-state index >= 15 is 0 Å². The van der Waals surface area contributed by atoms with Crippen LogP contribution in [0.5, 0.6) is 0 Å². The van der Waals surface area contributed by atoms with Gasteiger partial charge in [-0.2, -0.15) is 0 Å². The number of hydrogen-bond donors (Lipinski definition) is 3. The molecule has 3 aliphatic rings. The molecule has 0 bridgehead atoms. The monoisotopic (exact) mass is 618 g/mol. The van der Waals surface area contributed by atoms with Gasteiger partial charge in [0.2, 0.25) is 11.8 Å². The molecule has 1 unspecified atom stereocenters. The maximum absolute atomic E-state index is 14.3. The first-order valence-corrected chi connectivity index (χ1v) is 15.2. The van der Waals surface area contributed by atoms with Crippen LogP contribution in [0, 0.1) is 11.2 Å². The molecule has 2 fully saturated rings. The van der Waals surface area contributed by atoms with Gasteiger partial charge in [0.05, 0.1) is 19.0 Å². The quantitative estimate of drug-likeness (QED) is 0.427. The standard InChI is InChI=1S/C30H44BFN4O8/c1-29(2,3)24(34-27(39)44-30(4,5)6)26(38)36-16-19(14-22(36)25(37)33-23-12-7-8-13-42-31(23)41)43-28(40)35-15-18-10-9-11-21(32)20(18)17-35/h9-11,19,22-24,41H,7-8,12-17H2,1-6H3,(H,33,37)(H,34,39)/t19-,22+,23?,24-/m1/s1. The Morgan fingerprint density at radius 1 is 1.11 bits per heavy atom. The molecule has 3 aliphatic heterocycles. The summed E-state index contributed by atoms with van der Waals surface area (Å²) in [4.78, 5) is 56.3. The maximum Gasteiger partial charge on any atom is 0.478 e. The molecule has 4 atom stereocenters. The number of nitrogens with zero attached hydrogens (tertiary/aromatic N) is 2. The minimum Gasteiger partial charge on any atom is -0.444 e. The molecule has 2 saturated heterocycles. The summed E-state index contributed by atoms with van der Waals surface area (Å²) in [6, 6.07) is 2.53. The largest absolute Gasteiger partial charge is 0.478 e. The van der Waals surface area contributed by atoms with Crippen molar-refractivity contribution in [1.29, 1.82) is 0 Å². The fourth-order valence-corrected chi connectivity index (χ4v) is 5.69. The first kappa shape index (κ1) is 33.5. The van der Waals surface area contributed by atoms with Crippen molar-refractivity contribution >= 4 is 31.1 Å². The minimum atomic E-state index is -1.20. The number of rotatable bonds is 5. The van der Waals surface area contributed by atoms with Gasteiger partial charge in [0.1, 0.15) is 29.6 Å². The average molecular weight is 619 g/mol. The number of nitrogens with one attached hydrogen (secondary N) is 2. The van der Waals surface area contributed by atoms with Crippen LogP contribution in [0.15, 0.2) is 18.2 Å². The molecular formula is C30H44BFN4O8. The van der Waals surface area contributed by atoms with Crippen molar-refractivity contribution in [3.05, 3.63) is 35.1 Å². The van der Waals surface area contributed by atoms with Gasteiger partial charge in [0.15, 0.2) is 0 Å². The molecule has 1 aromatic carbocycles. The minimum absolute atomic E-state index is 0.00850. The molecule has 0 aromatic heterocycles. The van der Waals surface area contributed by atoms with Gasteiger partial charge in [-0.15, -0.1) is 0 Å². The van der Waals surface area contributed by atoms with Gasteiger partial charge in [-0.05, 0) is 57.1 Å². The molecule has 44 heavy (non-hydrogen) atoms. The smallest absolute Gasteiger partial charge is 0.444 e. The van der Waals surface area contributed by atoms with Crippen LogP contribution in [-0.4, -0.2) is 88.8 Å². The molecule has 0 radical (unpaired) electrons. The van der Waals surface area contributed by atoms with Crippen LogP contribution in [0.25, 0.3) is 0 Å². The van der Waals surface area contributed by atoms with E-state index in [1.165, 1.54) is 15.9 Å². The molecule has 0 spiro atoms. The van der Waals surface area contributed by atoms with E-state index in [4.69, 9.17) is 14.1 Å². The summed E-state index contributed by atoms with van der Waals surface area (Å²) in [5, 5.41) is 15.9. The molecule has 0 saturated carbocycles. The number of ether oxygens (including phenoxy) is 2. The number of carbonyl (C=O) groups is 4. The Hall–Kier alpha value is -3.39. The lowest BCUT2D eigenvalue weighted by atomic mass is 9.76. The highest BCUT2D eigenvalue weighted by molar-refractivity contribution is 6.45. The number of likely N-dealkylation sites (tertiary alicyclic amines) is 1. The molecule has 242 valence electrons. The number of carbonyl (C=O) groups excluding carboxylic acids is 4. The van der Waals surface area contributed by atoms with E-state index in [1.807, 2.05) is 0 Å². The summed E-state index contributed by atoms with van der Waals surface area (Å²) in [6.07, 6.45) is -0.370. The van der Waals surface area contributed by atoms with Gasteiger partial charge in [0.25, 0.3) is 0 Å². The summed E-state index contributed by atoms with van der Waals surface area (Å²) in [5.41, 5.74) is -0.464. The Balaban J connectivity index is 1.53. The third kappa shape index (κ3) is 8.20. The van der Waals surface area contributed by atoms with Gasteiger partial charge >= 0.3 is 19.3 Å². The molecule has 4 rings (SSSR count). The van der Waals surface area contributed by atoms with E-state index in [0.717, 1.165) is 12.8 Å². The van der Waals surface area contributed by atoms with E-state index in [9.17, 15) is 28.6 Å². The normalized spacial score (nSPS) is 23.0. The maximum atomic E-state index is 14.3. The summed E-state index contributed by atoms with van der Waals surface area (Å²) in [5.74, 6) is -2.16. The van der Waals surface area contributed by atoms with Crippen LogP contribution < -0.4 is 10.6 Å². The van der Waals surface area contributed by atoms with Crippen molar-refractivity contribution in [1.82, 2.24) is 20.4 Å². The first-order valence-electron chi connectivity index (χ1n) is 15.2. The lowest BCUT2D eigenvalue weighted by Crippen LogP contribution is -2.59. The summed E-state index contributed by atoms with van der Waals surface area (Å²) in [6.45, 7) is 10.9. The Morgan fingerprint density at radius 3 is 2.50 bits per heavy atom. The number of fused-ring (bicyclic) bond motifs is 1. The molecule has 4 amide bonds. The van der Waals surface area contributed by atoms with Gasteiger partial charge in [-0.25, -0.2) is 14.0 Å². The third-order valence-electron chi connectivity index (χ3n) is 7.94. The Kier molecular flexibility index (Phi) is 10.1. The second-order valence-electron chi connectivity index (χ2n) is 13.8. The molecule has 3 heterocycles. The van der Waals surface area contributed by atoms with Crippen LogP contribution in [-0.2, 0) is 36.8 Å². The molecule has 3 N–H and O–H groups in total. The van der Waals surface area contributed by atoms with Crippen LogP contribution in [0.3, 0.4) is 0 Å². The fraction of sp³-hybridized carbons (Fsp3) is 0.667. The van der Waals surface area contributed by atoms with Crippen molar-refractivity contribution in [2.45, 2.75) is 110 Å². The van der Waals surface area contributed by atoms with Crippen LogP contribution >= 0.6 is 0 Å². The van der Waals surface area contributed by atoms with E-state index < -0.39 is 72.1 Å². The molecule has 12 nitrogen and oxygen atoms in total. The lowest BCUT2D eigenvalue weighted by Gasteiger charge is -2.36. The van der Waals surface area contributed by atoms with Crippen molar-refractivity contribution in [2.24, 2.45) is 5.41 Å². The van der Waals surface area contributed by atoms with Crippen molar-refractivity contribution in [3.8, 4) is 0 Å². The Morgan fingerprint density at radius 2 is 1.84 bits per heavy atom. The molecule has 14 heteroatoms. The predicted molar refractivity (Wildman–Crippen MR) is 158 cm³/mol. The topological polar surface area (TPSA) is 147 Å². The van der Waals surface area contributed by atoms with E-state index in [0.29, 0.717) is 24.2 Å². The zero-order chi connectivity index (χ0) is 32.4. The SMILES string of the molecule is CC(C)(C)OC(=O)N[C@H](C(=O)N1C[C@H](OC(=O)N2Cc3cccc(F)c3C2)C[C@H]1C(=O)NC1CCCCOB1O)C(C)(C)C. The third-order valence-corrected chi connectivity index (χ3v) is 7.94. The molecule has 0 aliphatic carbocycles. The Labute approximate surface area is 258 Å². The van der Waals surface area contributed by atoms with E-state index in [2.05, 4.69) is 10.6 Å².